The van der Waals surface area contributed by atoms with E-state index in [4.69, 9.17) is 9.47 Å². The minimum Gasteiger partial charge on any atom is -0.460 e. The number of amides is 1. The van der Waals surface area contributed by atoms with Gasteiger partial charge in [-0.05, 0) is 32.9 Å². The van der Waals surface area contributed by atoms with Crippen molar-refractivity contribution in [3.8, 4) is 0 Å². The highest BCUT2D eigenvalue weighted by atomic mass is 16.6. The summed E-state index contributed by atoms with van der Waals surface area (Å²) in [6.07, 6.45) is -0.698. The third-order valence-electron chi connectivity index (χ3n) is 4.09. The summed E-state index contributed by atoms with van der Waals surface area (Å²) in [4.78, 5) is 34.7. The Hall–Kier alpha value is -2.68. The summed E-state index contributed by atoms with van der Waals surface area (Å²) in [5.41, 5.74) is -2.61. The predicted molar refractivity (Wildman–Crippen MR) is 81.3 cm³/mol. The maximum atomic E-state index is 11.9. The Morgan fingerprint density at radius 1 is 1.33 bits per heavy atom. The van der Waals surface area contributed by atoms with Crippen LogP contribution >= 0.6 is 0 Å². The fraction of sp³-hybridized carbons (Fsp3) is 0.467. The summed E-state index contributed by atoms with van der Waals surface area (Å²) in [6.45, 7) is 4.39. The quantitative estimate of drug-likeness (QED) is 0.493. The molecule has 1 aromatic carbocycles. The van der Waals surface area contributed by atoms with Gasteiger partial charge in [0.25, 0.3) is 5.69 Å². The molecule has 24 heavy (non-hydrogen) atoms. The molecule has 9 nitrogen and oxygen atoms in total. The van der Waals surface area contributed by atoms with Gasteiger partial charge in [0.05, 0.1) is 17.0 Å². The zero-order valence-corrected chi connectivity index (χ0v) is 13.5. The number of nitro groups is 1. The van der Waals surface area contributed by atoms with Gasteiger partial charge in [-0.1, -0.05) is 0 Å². The summed E-state index contributed by atoms with van der Waals surface area (Å²) in [5, 5.41) is 21.0. The van der Waals surface area contributed by atoms with Crippen LogP contribution < -0.4 is 0 Å². The number of nitrogens with zero attached hydrogens (tertiary/aromatic N) is 2. The number of ether oxygens (including phenoxy) is 2. The molecule has 0 radical (unpaired) electrons. The molecule has 1 fully saturated rings. The second-order valence-corrected chi connectivity index (χ2v) is 5.99. The zero-order valence-electron chi connectivity index (χ0n) is 13.5. The van der Waals surface area contributed by atoms with E-state index in [1.165, 1.54) is 31.2 Å². The Bertz CT molecular complexity index is 667. The van der Waals surface area contributed by atoms with E-state index < -0.39 is 28.3 Å². The lowest BCUT2D eigenvalue weighted by molar-refractivity contribution is -0.384. The van der Waals surface area contributed by atoms with E-state index in [1.807, 2.05) is 0 Å². The number of nitro benzene ring substituents is 1. The van der Waals surface area contributed by atoms with Crippen molar-refractivity contribution in [3.05, 3.63) is 39.9 Å². The van der Waals surface area contributed by atoms with Crippen LogP contribution in [-0.4, -0.2) is 51.5 Å². The Labute approximate surface area is 137 Å². The van der Waals surface area contributed by atoms with E-state index in [0.29, 0.717) is 0 Å². The molecule has 1 N–H and O–H groups in total. The third kappa shape index (κ3) is 3.16. The van der Waals surface area contributed by atoms with Crippen LogP contribution in [0.2, 0.25) is 0 Å². The van der Waals surface area contributed by atoms with Crippen LogP contribution in [0.1, 0.15) is 31.1 Å². The van der Waals surface area contributed by atoms with Crippen molar-refractivity contribution in [2.45, 2.75) is 32.1 Å². The number of hydrogen-bond donors (Lipinski definition) is 1. The largest absolute Gasteiger partial charge is 0.460 e. The molecule has 0 spiro atoms. The molecule has 1 aromatic rings. The lowest BCUT2D eigenvalue weighted by Crippen LogP contribution is -2.54. The number of rotatable bonds is 5. The number of benzene rings is 1. The van der Waals surface area contributed by atoms with Crippen molar-refractivity contribution in [1.29, 1.82) is 0 Å². The minimum atomic E-state index is -1.54. The Kier molecular flexibility index (Phi) is 4.48. The van der Waals surface area contributed by atoms with Crippen LogP contribution in [0, 0.1) is 10.1 Å². The molecule has 9 heteroatoms. The molecule has 0 saturated carbocycles. The highest BCUT2D eigenvalue weighted by molar-refractivity contribution is 5.89. The number of non-ortho nitro benzene ring substituents is 1. The topological polar surface area (TPSA) is 119 Å². The number of cyclic esters (lactones) is 1. The molecule has 1 aliphatic heterocycles. The van der Waals surface area contributed by atoms with Gasteiger partial charge in [0.1, 0.15) is 6.61 Å². The minimum absolute atomic E-state index is 0.0476. The number of aliphatic hydroxyl groups is 1. The molecule has 1 atom stereocenters. The zero-order chi connectivity index (χ0) is 18.1. The highest BCUT2D eigenvalue weighted by Crippen LogP contribution is 2.36. The van der Waals surface area contributed by atoms with E-state index in [9.17, 15) is 24.8 Å². The predicted octanol–water partition coefficient (Wildman–Crippen LogP) is 1.69. The molecular weight excluding hydrogens is 320 g/mol. The molecule has 0 bridgehead atoms. The van der Waals surface area contributed by atoms with Crippen molar-refractivity contribution < 1.29 is 29.1 Å². The Morgan fingerprint density at radius 3 is 2.38 bits per heavy atom. The van der Waals surface area contributed by atoms with Gasteiger partial charge in [-0.15, -0.1) is 0 Å². The number of carbonyl (C=O) groups excluding carboxylic acids is 2. The van der Waals surface area contributed by atoms with Gasteiger partial charge in [0, 0.05) is 12.1 Å². The maximum absolute atomic E-state index is 11.9. The van der Waals surface area contributed by atoms with Gasteiger partial charge in [0.15, 0.2) is 11.3 Å². The van der Waals surface area contributed by atoms with Gasteiger partial charge < -0.3 is 14.6 Å². The van der Waals surface area contributed by atoms with Gasteiger partial charge >= 0.3 is 12.1 Å². The van der Waals surface area contributed by atoms with Crippen LogP contribution in [0.4, 0.5) is 10.5 Å². The molecule has 2 rings (SSSR count). The average molecular weight is 338 g/mol. The standard InChI is InChI=1S/C15H18N2O7/c1-14(2)15(3,20)16(13(19)24-14)8-9-23-12(18)10-4-6-11(7-5-10)17(21)22/h4-7,20H,8-9H2,1-3H3. The normalized spacial score (nSPS) is 22.2. The summed E-state index contributed by atoms with van der Waals surface area (Å²) in [6, 6.07) is 4.96. The van der Waals surface area contributed by atoms with Crippen molar-refractivity contribution in [3.63, 3.8) is 0 Å². The lowest BCUT2D eigenvalue weighted by Gasteiger charge is -2.34. The first kappa shape index (κ1) is 17.7. The van der Waals surface area contributed by atoms with Gasteiger partial charge in [-0.25, -0.2) is 9.59 Å². The van der Waals surface area contributed by atoms with Gasteiger partial charge in [-0.3, -0.25) is 15.0 Å². The van der Waals surface area contributed by atoms with E-state index in [2.05, 4.69) is 0 Å². The van der Waals surface area contributed by atoms with Gasteiger partial charge in [0.2, 0.25) is 0 Å². The first-order valence-corrected chi connectivity index (χ1v) is 7.21. The van der Waals surface area contributed by atoms with Crippen LogP contribution in [0.3, 0.4) is 0 Å². The SMILES string of the molecule is CC1(C)OC(=O)N(CCOC(=O)c2ccc([N+](=O)[O-])cc2)C1(C)O. The Morgan fingerprint density at radius 2 is 1.92 bits per heavy atom. The van der Waals surface area contributed by atoms with Crippen molar-refractivity contribution in [1.82, 2.24) is 4.90 Å². The summed E-state index contributed by atoms with van der Waals surface area (Å²) in [5.74, 6) is -0.684. The smallest absolute Gasteiger partial charge is 0.413 e. The first-order chi connectivity index (χ1) is 11.1. The second kappa shape index (κ2) is 6.08. The molecule has 130 valence electrons. The van der Waals surface area contributed by atoms with Crippen LogP contribution in [0.5, 0.6) is 0 Å². The second-order valence-electron chi connectivity index (χ2n) is 5.99. The summed E-state index contributed by atoms with van der Waals surface area (Å²) >= 11 is 0. The van der Waals surface area contributed by atoms with E-state index in [1.54, 1.807) is 13.8 Å². The highest BCUT2D eigenvalue weighted by Gasteiger charge is 2.56. The molecule has 1 unspecified atom stereocenters. The van der Waals surface area contributed by atoms with Crippen LogP contribution in [0.25, 0.3) is 0 Å². The third-order valence-corrected chi connectivity index (χ3v) is 4.09. The summed E-state index contributed by atoms with van der Waals surface area (Å²) < 4.78 is 10.1. The van der Waals surface area contributed by atoms with E-state index >= 15 is 0 Å². The molecular formula is C15H18N2O7. The fourth-order valence-electron chi connectivity index (χ4n) is 2.21. The number of carbonyl (C=O) groups is 2. The molecule has 1 amide bonds. The average Bonchev–Trinajstić information content (AvgIpc) is 2.64. The lowest BCUT2D eigenvalue weighted by atomic mass is 9.96. The molecule has 1 aliphatic rings. The molecule has 0 aromatic heterocycles. The van der Waals surface area contributed by atoms with Crippen LogP contribution in [-0.2, 0) is 9.47 Å². The van der Waals surface area contributed by atoms with Gasteiger partial charge in [-0.2, -0.15) is 0 Å². The maximum Gasteiger partial charge on any atom is 0.413 e. The fourth-order valence-corrected chi connectivity index (χ4v) is 2.21. The van der Waals surface area contributed by atoms with Crippen molar-refractivity contribution >= 4 is 17.7 Å². The van der Waals surface area contributed by atoms with E-state index in [-0.39, 0.29) is 24.4 Å². The monoisotopic (exact) mass is 338 g/mol. The van der Waals surface area contributed by atoms with E-state index in [0.717, 1.165) is 4.90 Å². The molecule has 0 aliphatic carbocycles. The summed E-state index contributed by atoms with van der Waals surface area (Å²) in [7, 11) is 0. The number of hydrogen-bond acceptors (Lipinski definition) is 7. The van der Waals surface area contributed by atoms with Crippen LogP contribution in [0.15, 0.2) is 24.3 Å². The number of esters is 1. The molecule has 1 heterocycles. The first-order valence-electron chi connectivity index (χ1n) is 7.21. The Balaban J connectivity index is 1.93. The van der Waals surface area contributed by atoms with Crippen molar-refractivity contribution in [2.75, 3.05) is 13.2 Å². The van der Waals surface area contributed by atoms with Crippen molar-refractivity contribution in [2.24, 2.45) is 0 Å². The molecule has 1 saturated heterocycles.